The highest BCUT2D eigenvalue weighted by Crippen LogP contribution is 2.38. The summed E-state index contributed by atoms with van der Waals surface area (Å²) in [6.45, 7) is -0.272. The molecular formula is C12H11F3O5. The lowest BCUT2D eigenvalue weighted by atomic mass is 10.1. The zero-order valence-corrected chi connectivity index (χ0v) is 10.2. The number of benzene rings is 1. The predicted molar refractivity (Wildman–Crippen MR) is 60.3 cm³/mol. The summed E-state index contributed by atoms with van der Waals surface area (Å²) in [5.74, 6) is -0.719. The van der Waals surface area contributed by atoms with Crippen molar-refractivity contribution in [3.05, 3.63) is 17.7 Å². The molecule has 5 nitrogen and oxygen atoms in total. The highest BCUT2D eigenvalue weighted by atomic mass is 19.4. The maximum Gasteiger partial charge on any atom is 0.389 e. The average Bonchev–Trinajstić information content (AvgIpc) is 2.79. The molecule has 0 radical (unpaired) electrons. The Bertz CT molecular complexity index is 513. The SMILES string of the molecule is O=C(O)c1cc2c(cc1OCCCC(F)(F)F)OCO2. The Morgan fingerprint density at radius 1 is 1.30 bits per heavy atom. The van der Waals surface area contributed by atoms with Crippen LogP contribution in [0.25, 0.3) is 0 Å². The van der Waals surface area contributed by atoms with Crippen molar-refractivity contribution < 1.29 is 37.3 Å². The van der Waals surface area contributed by atoms with Gasteiger partial charge in [-0.15, -0.1) is 0 Å². The number of alkyl halides is 3. The van der Waals surface area contributed by atoms with Gasteiger partial charge in [-0.05, 0) is 6.42 Å². The van der Waals surface area contributed by atoms with Gasteiger partial charge in [0, 0.05) is 18.6 Å². The monoisotopic (exact) mass is 292 g/mol. The number of fused-ring (bicyclic) bond motifs is 1. The molecule has 1 aliphatic heterocycles. The van der Waals surface area contributed by atoms with Gasteiger partial charge in [-0.2, -0.15) is 13.2 Å². The molecule has 0 saturated heterocycles. The fourth-order valence-electron chi connectivity index (χ4n) is 1.66. The van der Waals surface area contributed by atoms with Crippen LogP contribution >= 0.6 is 0 Å². The number of hydrogen-bond donors (Lipinski definition) is 1. The molecule has 0 amide bonds. The van der Waals surface area contributed by atoms with Crippen molar-refractivity contribution in [2.24, 2.45) is 0 Å². The van der Waals surface area contributed by atoms with E-state index in [-0.39, 0.29) is 36.9 Å². The minimum Gasteiger partial charge on any atom is -0.493 e. The van der Waals surface area contributed by atoms with Gasteiger partial charge in [-0.25, -0.2) is 4.79 Å². The largest absolute Gasteiger partial charge is 0.493 e. The van der Waals surface area contributed by atoms with Crippen LogP contribution in [0, 0.1) is 0 Å². The van der Waals surface area contributed by atoms with Gasteiger partial charge in [-0.3, -0.25) is 0 Å². The predicted octanol–water partition coefficient (Wildman–Crippen LogP) is 2.83. The Hall–Kier alpha value is -2.12. The normalized spacial score (nSPS) is 13.3. The lowest BCUT2D eigenvalue weighted by molar-refractivity contribution is -0.136. The van der Waals surface area contributed by atoms with Gasteiger partial charge in [0.05, 0.1) is 6.61 Å². The molecule has 0 unspecified atom stereocenters. The molecule has 110 valence electrons. The minimum absolute atomic E-state index is 0.0358. The van der Waals surface area contributed by atoms with Crippen LogP contribution in [0.1, 0.15) is 23.2 Å². The van der Waals surface area contributed by atoms with Crippen molar-refractivity contribution >= 4 is 5.97 Å². The van der Waals surface area contributed by atoms with Gasteiger partial charge in [-0.1, -0.05) is 0 Å². The summed E-state index contributed by atoms with van der Waals surface area (Å²) in [4.78, 5) is 11.1. The van der Waals surface area contributed by atoms with Gasteiger partial charge < -0.3 is 19.3 Å². The maximum absolute atomic E-state index is 12.0. The number of ether oxygens (including phenoxy) is 3. The van der Waals surface area contributed by atoms with E-state index in [1.54, 1.807) is 0 Å². The van der Waals surface area contributed by atoms with Crippen molar-refractivity contribution in [1.29, 1.82) is 0 Å². The second kappa shape index (κ2) is 5.48. The standard InChI is InChI=1S/C12H11F3O5/c13-12(14,15)2-1-3-18-8-5-10-9(19-6-20-10)4-7(8)11(16)17/h4-5H,1-3,6H2,(H,16,17). The number of carboxylic acid groups (broad SMARTS) is 1. The van der Waals surface area contributed by atoms with Crippen LogP contribution in [-0.4, -0.2) is 30.7 Å². The summed E-state index contributed by atoms with van der Waals surface area (Å²) in [6.07, 6.45) is -5.50. The smallest absolute Gasteiger partial charge is 0.389 e. The van der Waals surface area contributed by atoms with Crippen LogP contribution in [0.3, 0.4) is 0 Å². The third kappa shape index (κ3) is 3.46. The van der Waals surface area contributed by atoms with E-state index in [0.717, 1.165) is 0 Å². The van der Waals surface area contributed by atoms with Gasteiger partial charge in [0.1, 0.15) is 11.3 Å². The Morgan fingerprint density at radius 3 is 2.55 bits per heavy atom. The Kier molecular flexibility index (Phi) is 3.91. The first-order chi connectivity index (χ1) is 9.37. The molecule has 0 fully saturated rings. The molecule has 0 spiro atoms. The van der Waals surface area contributed by atoms with Gasteiger partial charge >= 0.3 is 12.1 Å². The zero-order valence-electron chi connectivity index (χ0n) is 10.2. The first-order valence-electron chi connectivity index (χ1n) is 5.73. The topological polar surface area (TPSA) is 65.0 Å². The van der Waals surface area contributed by atoms with Crippen LogP contribution in [0.4, 0.5) is 13.2 Å². The second-order valence-electron chi connectivity index (χ2n) is 4.07. The summed E-state index contributed by atoms with van der Waals surface area (Å²) in [6, 6.07) is 2.53. The molecule has 20 heavy (non-hydrogen) atoms. The molecule has 0 saturated carbocycles. The van der Waals surface area contributed by atoms with Gasteiger partial charge in [0.25, 0.3) is 0 Å². The third-order valence-electron chi connectivity index (χ3n) is 2.57. The highest BCUT2D eigenvalue weighted by Gasteiger charge is 2.26. The van der Waals surface area contributed by atoms with Crippen LogP contribution in [0.2, 0.25) is 0 Å². The van der Waals surface area contributed by atoms with E-state index in [2.05, 4.69) is 0 Å². The minimum atomic E-state index is -4.26. The number of hydrogen-bond acceptors (Lipinski definition) is 4. The van der Waals surface area contributed by atoms with Crippen LogP contribution < -0.4 is 14.2 Å². The van der Waals surface area contributed by atoms with Crippen molar-refractivity contribution in [2.45, 2.75) is 19.0 Å². The summed E-state index contributed by atoms with van der Waals surface area (Å²) < 4.78 is 51.1. The molecule has 8 heteroatoms. The molecule has 0 atom stereocenters. The van der Waals surface area contributed by atoms with Crippen molar-refractivity contribution in [1.82, 2.24) is 0 Å². The number of halogens is 3. The molecule has 1 heterocycles. The molecule has 0 aliphatic carbocycles. The van der Waals surface area contributed by atoms with Gasteiger partial charge in [0.15, 0.2) is 11.5 Å². The number of carbonyl (C=O) groups is 1. The quantitative estimate of drug-likeness (QED) is 0.845. The van der Waals surface area contributed by atoms with Crippen LogP contribution in [0.5, 0.6) is 17.2 Å². The number of aromatic carboxylic acids is 1. The molecule has 0 aromatic heterocycles. The highest BCUT2D eigenvalue weighted by molar-refractivity contribution is 5.92. The Balaban J connectivity index is 2.05. The molecule has 0 bridgehead atoms. The van der Waals surface area contributed by atoms with Gasteiger partial charge in [0.2, 0.25) is 6.79 Å². The van der Waals surface area contributed by atoms with E-state index in [0.29, 0.717) is 5.75 Å². The van der Waals surface area contributed by atoms with E-state index in [4.69, 9.17) is 19.3 Å². The second-order valence-corrected chi connectivity index (χ2v) is 4.07. The summed E-state index contributed by atoms with van der Waals surface area (Å²) in [5.41, 5.74) is -0.179. The Morgan fingerprint density at radius 2 is 1.95 bits per heavy atom. The molecular weight excluding hydrogens is 281 g/mol. The van der Waals surface area contributed by atoms with Crippen LogP contribution in [-0.2, 0) is 0 Å². The lowest BCUT2D eigenvalue weighted by Gasteiger charge is -2.11. The average molecular weight is 292 g/mol. The summed E-state index contributed by atoms with van der Waals surface area (Å²) >= 11 is 0. The Labute approximate surface area is 111 Å². The van der Waals surface area contributed by atoms with E-state index in [1.807, 2.05) is 0 Å². The molecule has 1 aromatic rings. The lowest BCUT2D eigenvalue weighted by Crippen LogP contribution is -2.10. The fourth-order valence-corrected chi connectivity index (χ4v) is 1.66. The summed E-state index contributed by atoms with van der Waals surface area (Å²) in [5, 5.41) is 9.03. The summed E-state index contributed by atoms with van der Waals surface area (Å²) in [7, 11) is 0. The van der Waals surface area contributed by atoms with E-state index >= 15 is 0 Å². The van der Waals surface area contributed by atoms with Crippen LogP contribution in [0.15, 0.2) is 12.1 Å². The maximum atomic E-state index is 12.0. The van der Waals surface area contributed by atoms with Crippen molar-refractivity contribution in [3.8, 4) is 17.2 Å². The first kappa shape index (κ1) is 14.3. The molecule has 1 aromatic carbocycles. The molecule has 1 N–H and O–H groups in total. The van der Waals surface area contributed by atoms with E-state index < -0.39 is 18.6 Å². The fraction of sp³-hybridized carbons (Fsp3) is 0.417. The van der Waals surface area contributed by atoms with E-state index in [9.17, 15) is 18.0 Å². The van der Waals surface area contributed by atoms with Crippen molar-refractivity contribution in [3.63, 3.8) is 0 Å². The van der Waals surface area contributed by atoms with E-state index in [1.165, 1.54) is 12.1 Å². The first-order valence-corrected chi connectivity index (χ1v) is 5.73. The zero-order chi connectivity index (χ0) is 14.8. The molecule has 2 rings (SSSR count). The number of rotatable bonds is 5. The number of carboxylic acids is 1. The van der Waals surface area contributed by atoms with Crippen molar-refractivity contribution in [2.75, 3.05) is 13.4 Å². The third-order valence-corrected chi connectivity index (χ3v) is 2.57. The molecule has 1 aliphatic rings.